The van der Waals surface area contributed by atoms with E-state index in [2.05, 4.69) is 6.55 Å². The van der Waals surface area contributed by atoms with E-state index in [1.807, 2.05) is 0 Å². The van der Waals surface area contributed by atoms with Gasteiger partial charge in [0.15, 0.2) is 0 Å². The van der Waals surface area contributed by atoms with Crippen molar-refractivity contribution in [2.45, 2.75) is 76.8 Å². The molecule has 0 aromatic rings. The highest BCUT2D eigenvalue weighted by Crippen LogP contribution is 2.18. The summed E-state index contributed by atoms with van der Waals surface area (Å²) in [4.78, 5) is 0. The molecule has 1 unspecified atom stereocenters. The van der Waals surface area contributed by atoms with Crippen LogP contribution in [-0.4, -0.2) is 35.4 Å². The molecule has 0 saturated heterocycles. The molecule has 0 spiro atoms. The minimum absolute atomic E-state index is 0.694. The lowest BCUT2D eigenvalue weighted by atomic mass is 10.1. The van der Waals surface area contributed by atoms with Crippen LogP contribution in [0.4, 0.5) is 0 Å². The van der Waals surface area contributed by atoms with E-state index in [0.29, 0.717) is 6.54 Å². The van der Waals surface area contributed by atoms with Crippen LogP contribution in [0.3, 0.4) is 0 Å². The summed E-state index contributed by atoms with van der Waals surface area (Å²) in [6.45, 7) is 4.45. The van der Waals surface area contributed by atoms with Crippen LogP contribution in [0.2, 0.25) is 12.6 Å². The quantitative estimate of drug-likeness (QED) is 0.337. The summed E-state index contributed by atoms with van der Waals surface area (Å²) < 4.78 is 11.6. The van der Waals surface area contributed by atoms with Crippen molar-refractivity contribution in [1.82, 2.24) is 0 Å². The lowest BCUT2D eigenvalue weighted by Crippen LogP contribution is -2.37. The average molecular weight is 319 g/mol. The van der Waals surface area contributed by atoms with E-state index in [4.69, 9.17) is 20.3 Å². The van der Waals surface area contributed by atoms with Gasteiger partial charge in [0.05, 0.1) is 0 Å². The molecular weight excluding hydrogens is 280 g/mol. The molecule has 1 atom stereocenters. The largest absolute Gasteiger partial charge is 0.398 e. The van der Waals surface area contributed by atoms with Crippen LogP contribution in [0.15, 0.2) is 0 Å². The molecule has 0 aliphatic rings. The second-order valence-electron chi connectivity index (χ2n) is 6.05. The van der Waals surface area contributed by atoms with Crippen LogP contribution in [0, 0.1) is 0 Å². The molecule has 0 aliphatic carbocycles. The Hall–Kier alpha value is 0.0569. The zero-order valence-corrected chi connectivity index (χ0v) is 15.4. The van der Waals surface area contributed by atoms with Crippen molar-refractivity contribution in [2.24, 2.45) is 11.5 Å². The standard InChI is InChI=1S/C16H38N2O2Si/c1-19-21(2,20-15-12-14-18)16-11-9-7-5-3-4-6-8-10-13-17/h3-18H2,1-2H3. The number of rotatable bonds is 16. The van der Waals surface area contributed by atoms with E-state index in [0.717, 1.165) is 25.6 Å². The van der Waals surface area contributed by atoms with Gasteiger partial charge in [-0.1, -0.05) is 51.4 Å². The lowest BCUT2D eigenvalue weighted by Gasteiger charge is -2.25. The number of hydrogen-bond donors (Lipinski definition) is 2. The SMILES string of the molecule is CO[Si](C)(CCCCCCCCCCCN)OCCCN. The normalized spacial score (nSPS) is 14.3. The third-order valence-electron chi connectivity index (χ3n) is 4.02. The van der Waals surface area contributed by atoms with Crippen molar-refractivity contribution in [2.75, 3.05) is 26.8 Å². The first-order chi connectivity index (χ1) is 10.2. The fraction of sp³-hybridized carbons (Fsp3) is 1.00. The predicted octanol–water partition coefficient (Wildman–Crippen LogP) is 3.54. The van der Waals surface area contributed by atoms with Gasteiger partial charge in [-0.3, -0.25) is 0 Å². The van der Waals surface area contributed by atoms with Gasteiger partial charge in [0.1, 0.15) is 0 Å². The van der Waals surface area contributed by atoms with Crippen molar-refractivity contribution in [3.05, 3.63) is 0 Å². The molecule has 0 rings (SSSR count). The average Bonchev–Trinajstić information content (AvgIpc) is 2.49. The van der Waals surface area contributed by atoms with E-state index in [-0.39, 0.29) is 0 Å². The van der Waals surface area contributed by atoms with Gasteiger partial charge in [0, 0.05) is 13.7 Å². The van der Waals surface area contributed by atoms with Crippen LogP contribution in [0.1, 0.15) is 64.2 Å². The molecule has 0 aromatic heterocycles. The van der Waals surface area contributed by atoms with E-state index in [1.165, 1.54) is 57.8 Å². The Kier molecular flexibility index (Phi) is 15.0. The maximum atomic E-state index is 5.93. The minimum atomic E-state index is -1.92. The first-order valence-corrected chi connectivity index (χ1v) is 11.3. The Morgan fingerprint density at radius 2 is 1.19 bits per heavy atom. The summed E-state index contributed by atoms with van der Waals surface area (Å²) in [7, 11) is -0.131. The number of nitrogens with two attached hydrogens (primary N) is 2. The van der Waals surface area contributed by atoms with E-state index >= 15 is 0 Å². The molecule has 128 valence electrons. The fourth-order valence-electron chi connectivity index (χ4n) is 2.43. The third-order valence-corrected chi connectivity index (χ3v) is 6.96. The van der Waals surface area contributed by atoms with E-state index in [1.54, 1.807) is 7.11 Å². The number of hydrogen-bond acceptors (Lipinski definition) is 4. The Bertz CT molecular complexity index is 220. The van der Waals surface area contributed by atoms with Crippen molar-refractivity contribution < 1.29 is 8.85 Å². The molecule has 0 bridgehead atoms. The maximum Gasteiger partial charge on any atom is 0.334 e. The first-order valence-electron chi connectivity index (χ1n) is 8.78. The van der Waals surface area contributed by atoms with Crippen LogP contribution in [-0.2, 0) is 8.85 Å². The van der Waals surface area contributed by atoms with Crippen LogP contribution in [0.5, 0.6) is 0 Å². The van der Waals surface area contributed by atoms with Gasteiger partial charge < -0.3 is 20.3 Å². The van der Waals surface area contributed by atoms with Gasteiger partial charge in [-0.05, 0) is 38.5 Å². The third kappa shape index (κ3) is 13.4. The minimum Gasteiger partial charge on any atom is -0.398 e. The second-order valence-corrected chi connectivity index (χ2v) is 9.51. The molecular formula is C16H38N2O2Si. The van der Waals surface area contributed by atoms with Gasteiger partial charge in [-0.15, -0.1) is 0 Å². The Morgan fingerprint density at radius 1 is 0.714 bits per heavy atom. The Morgan fingerprint density at radius 3 is 1.67 bits per heavy atom. The molecule has 0 fully saturated rings. The zero-order valence-electron chi connectivity index (χ0n) is 14.4. The molecule has 4 nitrogen and oxygen atoms in total. The van der Waals surface area contributed by atoms with Crippen molar-refractivity contribution in [1.29, 1.82) is 0 Å². The molecule has 0 saturated carbocycles. The van der Waals surface area contributed by atoms with Crippen molar-refractivity contribution >= 4 is 8.56 Å². The summed E-state index contributed by atoms with van der Waals surface area (Å²) in [5.74, 6) is 0. The van der Waals surface area contributed by atoms with Crippen molar-refractivity contribution in [3.63, 3.8) is 0 Å². The zero-order chi connectivity index (χ0) is 15.8. The first kappa shape index (κ1) is 21.1. The molecule has 0 aliphatic heterocycles. The van der Waals surface area contributed by atoms with Crippen molar-refractivity contribution in [3.8, 4) is 0 Å². The highest BCUT2D eigenvalue weighted by molar-refractivity contribution is 6.65. The second kappa shape index (κ2) is 15.0. The smallest absolute Gasteiger partial charge is 0.334 e. The van der Waals surface area contributed by atoms with Gasteiger partial charge in [0.2, 0.25) is 0 Å². The molecule has 4 N–H and O–H groups in total. The van der Waals surface area contributed by atoms with Gasteiger partial charge in [0.25, 0.3) is 0 Å². The highest BCUT2D eigenvalue weighted by atomic mass is 28.4. The molecule has 0 aromatic carbocycles. The Balaban J connectivity index is 3.42. The molecule has 21 heavy (non-hydrogen) atoms. The topological polar surface area (TPSA) is 70.5 Å². The Labute approximate surface area is 133 Å². The highest BCUT2D eigenvalue weighted by Gasteiger charge is 2.28. The van der Waals surface area contributed by atoms with Crippen LogP contribution in [0.25, 0.3) is 0 Å². The lowest BCUT2D eigenvalue weighted by molar-refractivity contribution is 0.202. The van der Waals surface area contributed by atoms with Crippen LogP contribution >= 0.6 is 0 Å². The summed E-state index contributed by atoms with van der Waals surface area (Å²) in [5.41, 5.74) is 11.0. The fourth-order valence-corrected chi connectivity index (χ4v) is 4.37. The maximum absolute atomic E-state index is 5.93. The monoisotopic (exact) mass is 318 g/mol. The predicted molar refractivity (Wildman–Crippen MR) is 93.7 cm³/mol. The van der Waals surface area contributed by atoms with Gasteiger partial charge in [-0.25, -0.2) is 0 Å². The summed E-state index contributed by atoms with van der Waals surface area (Å²) >= 11 is 0. The molecule has 5 heteroatoms. The molecule has 0 radical (unpaired) electrons. The van der Waals surface area contributed by atoms with E-state index < -0.39 is 8.56 Å². The van der Waals surface area contributed by atoms with E-state index in [9.17, 15) is 0 Å². The number of unbranched alkanes of at least 4 members (excludes halogenated alkanes) is 8. The van der Waals surface area contributed by atoms with Crippen LogP contribution < -0.4 is 11.5 Å². The van der Waals surface area contributed by atoms with Gasteiger partial charge in [-0.2, -0.15) is 0 Å². The molecule has 0 amide bonds. The summed E-state index contributed by atoms with van der Waals surface area (Å²) in [6.07, 6.45) is 12.7. The molecule has 0 heterocycles. The summed E-state index contributed by atoms with van der Waals surface area (Å²) in [6, 6.07) is 1.10. The van der Waals surface area contributed by atoms with Gasteiger partial charge >= 0.3 is 8.56 Å². The summed E-state index contributed by atoms with van der Waals surface area (Å²) in [5, 5.41) is 0.